The molecule has 2 amide bonds. The van der Waals surface area contributed by atoms with Gasteiger partial charge in [-0.25, -0.2) is 0 Å². The summed E-state index contributed by atoms with van der Waals surface area (Å²) in [5.74, 6) is -0.0853. The minimum Gasteiger partial charge on any atom is -0.482 e. The Morgan fingerprint density at radius 1 is 0.867 bits per heavy atom. The Morgan fingerprint density at radius 3 is 2.20 bits per heavy atom. The second kappa shape index (κ2) is 10.3. The molecule has 30 heavy (non-hydrogen) atoms. The maximum Gasteiger partial charge on any atom is 0.279 e. The number of amides is 2. The van der Waals surface area contributed by atoms with Crippen molar-refractivity contribution in [3.8, 4) is 22.6 Å². The number of carbonyl (C=O) groups is 2. The van der Waals surface area contributed by atoms with Gasteiger partial charge in [-0.1, -0.05) is 66.2 Å². The first-order chi connectivity index (χ1) is 14.5. The molecule has 6 nitrogen and oxygen atoms in total. The molecule has 0 spiro atoms. The Hall–Kier alpha value is -3.51. The fourth-order valence-corrected chi connectivity index (χ4v) is 2.78. The number of para-hydroxylation sites is 1. The van der Waals surface area contributed by atoms with Crippen LogP contribution in [0.4, 0.5) is 0 Å². The van der Waals surface area contributed by atoms with Gasteiger partial charge in [-0.05, 0) is 42.3 Å². The Balaban J connectivity index is 1.44. The Bertz CT molecular complexity index is 994. The van der Waals surface area contributed by atoms with E-state index in [-0.39, 0.29) is 6.61 Å². The van der Waals surface area contributed by atoms with Crippen molar-refractivity contribution in [3.05, 3.63) is 83.9 Å². The first-order valence-electron chi connectivity index (χ1n) is 9.31. The first kappa shape index (κ1) is 21.2. The van der Waals surface area contributed by atoms with E-state index in [2.05, 4.69) is 10.9 Å². The van der Waals surface area contributed by atoms with Gasteiger partial charge in [0.15, 0.2) is 12.7 Å². The van der Waals surface area contributed by atoms with E-state index in [0.717, 1.165) is 11.1 Å². The van der Waals surface area contributed by atoms with Gasteiger partial charge in [0.1, 0.15) is 11.5 Å². The highest BCUT2D eigenvalue weighted by Gasteiger charge is 2.16. The number of carbonyl (C=O) groups excluding carboxylic acids is 2. The predicted octanol–water partition coefficient (Wildman–Crippen LogP) is 4.00. The SMILES string of the molecule is CC(Oc1ccc(-c2ccccc2)cc1)C(=O)NNC(=O)COc1ccccc1Cl. The van der Waals surface area contributed by atoms with Crippen LogP contribution in [0.2, 0.25) is 5.02 Å². The van der Waals surface area contributed by atoms with Gasteiger partial charge >= 0.3 is 0 Å². The molecule has 1 unspecified atom stereocenters. The zero-order valence-corrected chi connectivity index (χ0v) is 17.1. The number of nitrogens with one attached hydrogen (secondary N) is 2. The van der Waals surface area contributed by atoms with E-state index >= 15 is 0 Å². The third-order valence-corrected chi connectivity index (χ3v) is 4.48. The number of hydrogen-bond donors (Lipinski definition) is 2. The van der Waals surface area contributed by atoms with Gasteiger partial charge in [0.25, 0.3) is 11.8 Å². The number of ether oxygens (including phenoxy) is 2. The summed E-state index contributed by atoms with van der Waals surface area (Å²) in [6.45, 7) is 1.30. The lowest BCUT2D eigenvalue weighted by Crippen LogP contribution is -2.48. The molecule has 0 aliphatic heterocycles. The summed E-state index contributed by atoms with van der Waals surface area (Å²) in [4.78, 5) is 24.0. The van der Waals surface area contributed by atoms with Crippen molar-refractivity contribution >= 4 is 23.4 Å². The lowest BCUT2D eigenvalue weighted by atomic mass is 10.1. The molecule has 3 aromatic rings. The van der Waals surface area contributed by atoms with E-state index < -0.39 is 17.9 Å². The molecule has 7 heteroatoms. The molecular weight excluding hydrogens is 404 g/mol. The summed E-state index contributed by atoms with van der Waals surface area (Å²) in [5, 5.41) is 0.398. The van der Waals surface area contributed by atoms with Crippen LogP contribution in [0.25, 0.3) is 11.1 Å². The van der Waals surface area contributed by atoms with Gasteiger partial charge in [0.2, 0.25) is 0 Å². The number of hydrazine groups is 1. The van der Waals surface area contributed by atoms with E-state index in [1.54, 1.807) is 43.3 Å². The van der Waals surface area contributed by atoms with E-state index in [1.165, 1.54) is 0 Å². The molecule has 0 radical (unpaired) electrons. The van der Waals surface area contributed by atoms with Crippen LogP contribution in [0.15, 0.2) is 78.9 Å². The zero-order valence-electron chi connectivity index (χ0n) is 16.3. The van der Waals surface area contributed by atoms with Crippen LogP contribution in [0.3, 0.4) is 0 Å². The Labute approximate surface area is 179 Å². The molecule has 154 valence electrons. The topological polar surface area (TPSA) is 76.7 Å². The minimum atomic E-state index is -0.808. The summed E-state index contributed by atoms with van der Waals surface area (Å²) < 4.78 is 10.9. The van der Waals surface area contributed by atoms with E-state index in [0.29, 0.717) is 16.5 Å². The third kappa shape index (κ3) is 5.99. The van der Waals surface area contributed by atoms with E-state index in [9.17, 15) is 9.59 Å². The van der Waals surface area contributed by atoms with Crippen molar-refractivity contribution in [1.29, 1.82) is 0 Å². The van der Waals surface area contributed by atoms with Crippen molar-refractivity contribution in [2.45, 2.75) is 13.0 Å². The van der Waals surface area contributed by atoms with Crippen LogP contribution in [-0.4, -0.2) is 24.5 Å². The number of benzene rings is 3. The summed E-state index contributed by atoms with van der Waals surface area (Å²) >= 11 is 5.96. The Kier molecular flexibility index (Phi) is 7.29. The lowest BCUT2D eigenvalue weighted by molar-refractivity contribution is -0.133. The number of rotatable bonds is 7. The van der Waals surface area contributed by atoms with E-state index in [1.807, 2.05) is 42.5 Å². The molecule has 2 N–H and O–H groups in total. The monoisotopic (exact) mass is 424 g/mol. The van der Waals surface area contributed by atoms with Crippen LogP contribution < -0.4 is 20.3 Å². The van der Waals surface area contributed by atoms with Crippen LogP contribution in [0.1, 0.15) is 6.92 Å². The van der Waals surface area contributed by atoms with Crippen LogP contribution in [-0.2, 0) is 9.59 Å². The lowest BCUT2D eigenvalue weighted by Gasteiger charge is -2.15. The summed E-state index contributed by atoms with van der Waals surface area (Å²) in [6.07, 6.45) is -0.808. The predicted molar refractivity (Wildman–Crippen MR) is 115 cm³/mol. The molecule has 0 aromatic heterocycles. The van der Waals surface area contributed by atoms with Gasteiger partial charge < -0.3 is 9.47 Å². The number of hydrogen-bond acceptors (Lipinski definition) is 4. The molecule has 0 aliphatic rings. The molecular formula is C23H21ClN2O4. The highest BCUT2D eigenvalue weighted by molar-refractivity contribution is 6.32. The fourth-order valence-electron chi connectivity index (χ4n) is 2.59. The van der Waals surface area contributed by atoms with Crippen LogP contribution >= 0.6 is 11.6 Å². The second-order valence-electron chi connectivity index (χ2n) is 6.41. The van der Waals surface area contributed by atoms with Crippen LogP contribution in [0.5, 0.6) is 11.5 Å². The molecule has 0 heterocycles. The minimum absolute atomic E-state index is 0.291. The average molecular weight is 425 g/mol. The van der Waals surface area contributed by atoms with Crippen molar-refractivity contribution in [2.24, 2.45) is 0 Å². The maximum atomic E-state index is 12.2. The van der Waals surface area contributed by atoms with Crippen molar-refractivity contribution in [3.63, 3.8) is 0 Å². The van der Waals surface area contributed by atoms with Gasteiger partial charge in [0, 0.05) is 0 Å². The fraction of sp³-hybridized carbons (Fsp3) is 0.130. The van der Waals surface area contributed by atoms with Gasteiger partial charge in [-0.2, -0.15) is 0 Å². The standard InChI is InChI=1S/C23H21ClN2O4/c1-16(30-19-13-11-18(12-14-19)17-7-3-2-4-8-17)23(28)26-25-22(27)15-29-21-10-6-5-9-20(21)24/h2-14,16H,15H2,1H3,(H,25,27)(H,26,28). The molecule has 3 aromatic carbocycles. The molecule has 0 saturated carbocycles. The smallest absolute Gasteiger partial charge is 0.279 e. The van der Waals surface area contributed by atoms with Crippen molar-refractivity contribution in [1.82, 2.24) is 10.9 Å². The second-order valence-corrected chi connectivity index (χ2v) is 6.81. The van der Waals surface area contributed by atoms with Gasteiger partial charge in [0.05, 0.1) is 5.02 Å². The first-order valence-corrected chi connectivity index (χ1v) is 9.69. The molecule has 0 saturated heterocycles. The summed E-state index contributed by atoms with van der Waals surface area (Å²) in [7, 11) is 0. The summed E-state index contributed by atoms with van der Waals surface area (Å²) in [6, 6.07) is 24.2. The molecule has 3 rings (SSSR count). The number of halogens is 1. The highest BCUT2D eigenvalue weighted by Crippen LogP contribution is 2.23. The average Bonchev–Trinajstić information content (AvgIpc) is 2.78. The highest BCUT2D eigenvalue weighted by atomic mass is 35.5. The van der Waals surface area contributed by atoms with Crippen molar-refractivity contribution < 1.29 is 19.1 Å². The quantitative estimate of drug-likeness (QED) is 0.562. The summed E-state index contributed by atoms with van der Waals surface area (Å²) in [5.41, 5.74) is 6.74. The maximum absolute atomic E-state index is 12.2. The normalized spacial score (nSPS) is 11.3. The zero-order chi connectivity index (χ0) is 21.3. The molecule has 1 atom stereocenters. The van der Waals surface area contributed by atoms with Crippen LogP contribution in [0, 0.1) is 0 Å². The van der Waals surface area contributed by atoms with Gasteiger partial charge in [-0.3, -0.25) is 20.4 Å². The van der Waals surface area contributed by atoms with E-state index in [4.69, 9.17) is 21.1 Å². The largest absolute Gasteiger partial charge is 0.482 e. The molecule has 0 fully saturated rings. The van der Waals surface area contributed by atoms with Gasteiger partial charge in [-0.15, -0.1) is 0 Å². The Morgan fingerprint density at radius 2 is 1.50 bits per heavy atom. The third-order valence-electron chi connectivity index (χ3n) is 4.16. The molecule has 0 aliphatic carbocycles. The van der Waals surface area contributed by atoms with Crippen molar-refractivity contribution in [2.75, 3.05) is 6.61 Å². The molecule has 0 bridgehead atoms.